The molecule has 0 saturated heterocycles. The molecule has 0 aliphatic rings. The average Bonchev–Trinajstić information content (AvgIpc) is 2.66. The second-order valence-corrected chi connectivity index (χ2v) is 6.30. The molecule has 0 spiro atoms. The monoisotopic (exact) mass is 331 g/mol. The highest BCUT2D eigenvalue weighted by molar-refractivity contribution is 5.48. The summed E-state index contributed by atoms with van der Waals surface area (Å²) in [6.07, 6.45) is 2.07. The highest BCUT2D eigenvalue weighted by Gasteiger charge is 1.99. The van der Waals surface area contributed by atoms with Crippen molar-refractivity contribution in [3.63, 3.8) is 0 Å². The summed E-state index contributed by atoms with van der Waals surface area (Å²) in [4.78, 5) is 0. The fourth-order valence-corrected chi connectivity index (χ4v) is 2.72. The highest BCUT2D eigenvalue weighted by Crippen LogP contribution is 2.18. The smallest absolute Gasteiger partial charge is 0.121 e. The predicted octanol–water partition coefficient (Wildman–Crippen LogP) is 5.62. The zero-order valence-corrected chi connectivity index (χ0v) is 14.7. The molecule has 25 heavy (non-hydrogen) atoms. The van der Waals surface area contributed by atoms with Crippen molar-refractivity contribution in [2.24, 2.45) is 0 Å². The third-order valence-corrected chi connectivity index (χ3v) is 4.17. The Labute approximate surface area is 150 Å². The van der Waals surface area contributed by atoms with E-state index < -0.39 is 0 Å². The highest BCUT2D eigenvalue weighted by atomic mass is 16.5. The van der Waals surface area contributed by atoms with E-state index in [1.807, 2.05) is 12.1 Å². The van der Waals surface area contributed by atoms with E-state index in [0.29, 0.717) is 0 Å². The molecule has 0 saturated carbocycles. The van der Waals surface area contributed by atoms with Crippen LogP contribution in [0.25, 0.3) is 0 Å². The van der Waals surface area contributed by atoms with E-state index >= 15 is 0 Å². The van der Waals surface area contributed by atoms with E-state index in [-0.39, 0.29) is 0 Å². The van der Waals surface area contributed by atoms with Crippen molar-refractivity contribution in [3.05, 3.63) is 95.6 Å². The van der Waals surface area contributed by atoms with Crippen molar-refractivity contribution >= 4 is 5.69 Å². The summed E-state index contributed by atoms with van der Waals surface area (Å²) in [7, 11) is 0. The molecule has 3 aromatic rings. The maximum absolute atomic E-state index is 5.90. The van der Waals surface area contributed by atoms with Crippen molar-refractivity contribution in [2.75, 3.05) is 11.9 Å². The normalized spacial score (nSPS) is 10.4. The Morgan fingerprint density at radius 3 is 2.40 bits per heavy atom. The summed E-state index contributed by atoms with van der Waals surface area (Å²) in [6.45, 7) is 3.66. The van der Waals surface area contributed by atoms with Crippen molar-refractivity contribution in [1.29, 1.82) is 0 Å². The Morgan fingerprint density at radius 2 is 1.60 bits per heavy atom. The van der Waals surface area contributed by atoms with Crippen LogP contribution in [0.2, 0.25) is 0 Å². The van der Waals surface area contributed by atoms with Crippen LogP contribution in [0.5, 0.6) is 5.75 Å². The first kappa shape index (κ1) is 17.1. The van der Waals surface area contributed by atoms with Gasteiger partial charge < -0.3 is 10.1 Å². The minimum absolute atomic E-state index is 0.732. The molecule has 0 amide bonds. The van der Waals surface area contributed by atoms with Gasteiger partial charge in [0, 0.05) is 18.3 Å². The molecule has 0 radical (unpaired) electrons. The van der Waals surface area contributed by atoms with Crippen LogP contribution in [0.3, 0.4) is 0 Å². The minimum Gasteiger partial charge on any atom is -0.494 e. The molecule has 2 nitrogen and oxygen atoms in total. The van der Waals surface area contributed by atoms with E-state index in [4.69, 9.17) is 4.74 Å². The second-order valence-electron chi connectivity index (χ2n) is 6.30. The average molecular weight is 331 g/mol. The minimum atomic E-state index is 0.732. The van der Waals surface area contributed by atoms with Gasteiger partial charge in [0.25, 0.3) is 0 Å². The maximum Gasteiger partial charge on any atom is 0.121 e. The van der Waals surface area contributed by atoms with Gasteiger partial charge >= 0.3 is 0 Å². The van der Waals surface area contributed by atoms with Crippen molar-refractivity contribution in [3.8, 4) is 5.75 Å². The topological polar surface area (TPSA) is 21.3 Å². The van der Waals surface area contributed by atoms with Gasteiger partial charge in [0.2, 0.25) is 0 Å². The lowest BCUT2D eigenvalue weighted by Gasteiger charge is -2.10. The molecular formula is C23H25NO. The fraction of sp³-hybridized carbons (Fsp3) is 0.217. The lowest BCUT2D eigenvalue weighted by molar-refractivity contribution is 0.311. The summed E-state index contributed by atoms with van der Waals surface area (Å²) in [5, 5.41) is 3.46. The summed E-state index contributed by atoms with van der Waals surface area (Å²) < 4.78 is 5.90. The summed E-state index contributed by atoms with van der Waals surface area (Å²) in [5.41, 5.74) is 5.01. The Bertz CT molecular complexity index is 766. The molecule has 0 aliphatic carbocycles. The zero-order chi connectivity index (χ0) is 17.3. The molecule has 2 heteroatoms. The van der Waals surface area contributed by atoms with E-state index in [9.17, 15) is 0 Å². The van der Waals surface area contributed by atoms with Gasteiger partial charge in [-0.05, 0) is 43.0 Å². The largest absolute Gasteiger partial charge is 0.494 e. The summed E-state index contributed by atoms with van der Waals surface area (Å²) in [6, 6.07) is 27.3. The number of aryl methyl sites for hydroxylation is 2. The van der Waals surface area contributed by atoms with Crippen LogP contribution in [-0.2, 0) is 13.0 Å². The van der Waals surface area contributed by atoms with Gasteiger partial charge in [0.05, 0.1) is 6.61 Å². The van der Waals surface area contributed by atoms with Gasteiger partial charge in [0.1, 0.15) is 5.75 Å². The lowest BCUT2D eigenvalue weighted by Crippen LogP contribution is -2.02. The van der Waals surface area contributed by atoms with Gasteiger partial charge in [-0.2, -0.15) is 0 Å². The van der Waals surface area contributed by atoms with Gasteiger partial charge in [-0.3, -0.25) is 0 Å². The Hall–Kier alpha value is -2.74. The second kappa shape index (κ2) is 8.93. The molecule has 0 atom stereocenters. The van der Waals surface area contributed by atoms with E-state index in [2.05, 4.69) is 79.0 Å². The van der Waals surface area contributed by atoms with Crippen molar-refractivity contribution < 1.29 is 4.74 Å². The molecule has 0 fully saturated rings. The fourth-order valence-electron chi connectivity index (χ4n) is 2.72. The Morgan fingerprint density at radius 1 is 0.800 bits per heavy atom. The van der Waals surface area contributed by atoms with E-state index in [0.717, 1.165) is 37.4 Å². The van der Waals surface area contributed by atoms with Crippen LogP contribution in [0.15, 0.2) is 78.9 Å². The van der Waals surface area contributed by atoms with Crippen LogP contribution in [0.1, 0.15) is 23.1 Å². The van der Waals surface area contributed by atoms with Crippen LogP contribution >= 0.6 is 0 Å². The molecule has 0 aromatic heterocycles. The molecule has 3 rings (SSSR count). The molecule has 0 aliphatic heterocycles. The summed E-state index contributed by atoms with van der Waals surface area (Å²) >= 11 is 0. The van der Waals surface area contributed by atoms with Crippen LogP contribution in [0, 0.1) is 6.92 Å². The standard InChI is InChI=1S/C23H25NO/c1-19-12-14-21(15-13-19)18-24-22-10-5-11-23(17-22)25-16-6-9-20-7-3-2-4-8-20/h2-5,7-8,10-15,17,24H,6,9,16,18H2,1H3. The quantitative estimate of drug-likeness (QED) is 0.541. The molecule has 0 bridgehead atoms. The first-order valence-corrected chi connectivity index (χ1v) is 8.86. The van der Waals surface area contributed by atoms with Crippen LogP contribution in [0.4, 0.5) is 5.69 Å². The van der Waals surface area contributed by atoms with Crippen LogP contribution < -0.4 is 10.1 Å². The lowest BCUT2D eigenvalue weighted by atomic mass is 10.1. The Balaban J connectivity index is 1.45. The Kier molecular flexibility index (Phi) is 6.11. The predicted molar refractivity (Wildman–Crippen MR) is 105 cm³/mol. The third-order valence-electron chi connectivity index (χ3n) is 4.17. The van der Waals surface area contributed by atoms with Gasteiger partial charge in [-0.25, -0.2) is 0 Å². The first-order valence-electron chi connectivity index (χ1n) is 8.86. The number of rotatable bonds is 8. The van der Waals surface area contributed by atoms with Gasteiger partial charge in [-0.15, -0.1) is 0 Å². The number of anilines is 1. The number of hydrogen-bond acceptors (Lipinski definition) is 2. The molecule has 0 heterocycles. The molecule has 0 unspecified atom stereocenters. The SMILES string of the molecule is Cc1ccc(CNc2cccc(OCCCc3ccccc3)c2)cc1. The van der Waals surface area contributed by atoms with E-state index in [1.165, 1.54) is 16.7 Å². The van der Waals surface area contributed by atoms with Crippen molar-refractivity contribution in [1.82, 2.24) is 0 Å². The van der Waals surface area contributed by atoms with Gasteiger partial charge in [0.15, 0.2) is 0 Å². The maximum atomic E-state index is 5.90. The molecular weight excluding hydrogens is 306 g/mol. The van der Waals surface area contributed by atoms with Gasteiger partial charge in [-0.1, -0.05) is 66.2 Å². The number of nitrogens with one attached hydrogen (secondary N) is 1. The third kappa shape index (κ3) is 5.68. The molecule has 1 N–H and O–H groups in total. The first-order chi connectivity index (χ1) is 12.3. The number of benzene rings is 3. The van der Waals surface area contributed by atoms with E-state index in [1.54, 1.807) is 0 Å². The van der Waals surface area contributed by atoms with Crippen molar-refractivity contribution in [2.45, 2.75) is 26.3 Å². The number of ether oxygens (including phenoxy) is 1. The number of hydrogen-bond donors (Lipinski definition) is 1. The molecule has 128 valence electrons. The summed E-state index contributed by atoms with van der Waals surface area (Å²) in [5.74, 6) is 0.918. The zero-order valence-electron chi connectivity index (χ0n) is 14.7. The van der Waals surface area contributed by atoms with Crippen LogP contribution in [-0.4, -0.2) is 6.61 Å². The molecule has 3 aromatic carbocycles.